The summed E-state index contributed by atoms with van der Waals surface area (Å²) in [4.78, 5) is 1.93. The van der Waals surface area contributed by atoms with Crippen molar-refractivity contribution >= 4 is 7.98 Å². The topological polar surface area (TPSA) is 15.3 Å². The molecule has 0 aliphatic carbocycles. The molecule has 0 spiro atoms. The maximum atomic E-state index is 5.68. The lowest BCUT2D eigenvalue weighted by molar-refractivity contribution is 0.272. The predicted octanol–water partition coefficient (Wildman–Crippen LogP) is -0.246. The van der Waals surface area contributed by atoms with Crippen LogP contribution in [-0.2, 0) is 0 Å². The second-order valence-electron chi connectivity index (χ2n) is 2.50. The van der Waals surface area contributed by atoms with E-state index in [9.17, 15) is 0 Å². The van der Waals surface area contributed by atoms with Gasteiger partial charge in [0.15, 0.2) is 7.98 Å². The molecule has 0 aromatic rings. The van der Waals surface area contributed by atoms with Gasteiger partial charge in [-0.25, -0.2) is 0 Å². The highest BCUT2D eigenvalue weighted by Gasteiger charge is 2.14. The van der Waals surface area contributed by atoms with Gasteiger partial charge in [0, 0.05) is 19.1 Å². The second kappa shape index (κ2) is 3.23. The van der Waals surface area contributed by atoms with Crippen molar-refractivity contribution in [3.63, 3.8) is 0 Å². The van der Waals surface area contributed by atoms with E-state index in [1.54, 1.807) is 0 Å². The number of nitrogens with zero attached hydrogens (tertiary/aromatic N) is 1. The summed E-state index contributed by atoms with van der Waals surface area (Å²) in [6.07, 6.45) is 1.14. The van der Waals surface area contributed by atoms with E-state index in [1.165, 1.54) is 0 Å². The minimum atomic E-state index is 0.554. The zero-order chi connectivity index (χ0) is 6.69. The molecule has 1 aliphatic heterocycles. The van der Waals surface area contributed by atoms with Crippen molar-refractivity contribution in [2.45, 2.75) is 19.4 Å². The van der Waals surface area contributed by atoms with Gasteiger partial charge in [0.25, 0.3) is 0 Å². The lowest BCUT2D eigenvalue weighted by Gasteiger charge is -2.32. The van der Waals surface area contributed by atoms with Crippen molar-refractivity contribution < 1.29 is 0 Å². The van der Waals surface area contributed by atoms with E-state index in [4.69, 9.17) is 7.98 Å². The van der Waals surface area contributed by atoms with E-state index in [1.807, 2.05) is 4.81 Å². The van der Waals surface area contributed by atoms with Crippen molar-refractivity contribution in [1.29, 1.82) is 0 Å². The Hall–Kier alpha value is -0.0151. The van der Waals surface area contributed by atoms with Gasteiger partial charge >= 0.3 is 0 Å². The van der Waals surface area contributed by atoms with Crippen molar-refractivity contribution in [3.8, 4) is 0 Å². The molecule has 1 rings (SSSR count). The monoisotopic (exact) mass is 124 g/mol. The van der Waals surface area contributed by atoms with Crippen molar-refractivity contribution in [1.82, 2.24) is 10.1 Å². The zero-order valence-corrected chi connectivity index (χ0v) is 5.93. The summed E-state index contributed by atoms with van der Waals surface area (Å²) in [5.74, 6) is 0. The predicted molar refractivity (Wildman–Crippen MR) is 39.4 cm³/mol. The molecule has 0 amide bonds. The van der Waals surface area contributed by atoms with E-state index in [0.29, 0.717) is 6.04 Å². The van der Waals surface area contributed by atoms with Gasteiger partial charge in [-0.05, 0) is 13.0 Å². The van der Waals surface area contributed by atoms with Gasteiger partial charge in [-0.3, -0.25) is 0 Å². The summed E-state index contributed by atoms with van der Waals surface area (Å²) in [5, 5.41) is 3.29. The van der Waals surface area contributed by atoms with Gasteiger partial charge in [-0.2, -0.15) is 0 Å². The van der Waals surface area contributed by atoms with Crippen LogP contribution in [0.1, 0.15) is 13.3 Å². The van der Waals surface area contributed by atoms with Crippen LogP contribution < -0.4 is 5.32 Å². The first kappa shape index (κ1) is 7.10. The van der Waals surface area contributed by atoms with Crippen LogP contribution in [0.4, 0.5) is 0 Å². The summed E-state index contributed by atoms with van der Waals surface area (Å²) in [6.45, 7) is 5.23. The highest BCUT2D eigenvalue weighted by Crippen LogP contribution is 2.01. The van der Waals surface area contributed by atoms with Gasteiger partial charge in [-0.15, -0.1) is 0 Å². The average molecular weight is 124 g/mol. The quantitative estimate of drug-likeness (QED) is 0.485. The summed E-state index contributed by atoms with van der Waals surface area (Å²) in [6, 6.07) is 0.554. The fourth-order valence-corrected chi connectivity index (χ4v) is 1.16. The van der Waals surface area contributed by atoms with E-state index < -0.39 is 0 Å². The molecule has 1 N–H and O–H groups in total. The van der Waals surface area contributed by atoms with Crippen LogP contribution in [0.15, 0.2) is 0 Å². The Balaban J connectivity index is 2.30. The maximum absolute atomic E-state index is 5.68. The normalized spacial score (nSPS) is 30.6. The van der Waals surface area contributed by atoms with Crippen molar-refractivity contribution in [3.05, 3.63) is 0 Å². The van der Waals surface area contributed by atoms with Crippen LogP contribution in [0, 0.1) is 0 Å². The standard InChI is InChI=1S/C6H13BN2/c1-2-6-5-8-3-4-9(6)7/h6,8H,2-5H2,1H3/t6-/m0/s1. The summed E-state index contributed by atoms with van der Waals surface area (Å²) in [5.41, 5.74) is 0. The van der Waals surface area contributed by atoms with Crippen LogP contribution in [0.3, 0.4) is 0 Å². The lowest BCUT2D eigenvalue weighted by Crippen LogP contribution is -2.49. The fourth-order valence-electron chi connectivity index (χ4n) is 1.16. The molecule has 50 valence electrons. The minimum absolute atomic E-state index is 0.554. The molecule has 0 aromatic carbocycles. The molecule has 0 unspecified atom stereocenters. The molecule has 1 saturated heterocycles. The number of piperazine rings is 1. The number of hydrogen-bond donors (Lipinski definition) is 1. The third-order valence-electron chi connectivity index (χ3n) is 1.87. The summed E-state index contributed by atoms with van der Waals surface area (Å²) >= 11 is 0. The number of rotatable bonds is 1. The first-order valence-electron chi connectivity index (χ1n) is 3.56. The van der Waals surface area contributed by atoms with Crippen LogP contribution in [0.2, 0.25) is 0 Å². The molecule has 0 bridgehead atoms. The highest BCUT2D eigenvalue weighted by molar-refractivity contribution is 6.04. The Labute approximate surface area is 58.0 Å². The van der Waals surface area contributed by atoms with Crippen LogP contribution in [0.5, 0.6) is 0 Å². The molecule has 1 heterocycles. The van der Waals surface area contributed by atoms with E-state index in [-0.39, 0.29) is 0 Å². The Morgan fingerprint density at radius 2 is 2.56 bits per heavy atom. The second-order valence-corrected chi connectivity index (χ2v) is 2.50. The Bertz CT molecular complexity index is 87.1. The van der Waals surface area contributed by atoms with Gasteiger partial charge < -0.3 is 10.1 Å². The summed E-state index contributed by atoms with van der Waals surface area (Å²) < 4.78 is 0. The smallest absolute Gasteiger partial charge is 0.182 e. The van der Waals surface area contributed by atoms with Crippen LogP contribution in [0.25, 0.3) is 0 Å². The maximum Gasteiger partial charge on any atom is 0.182 e. The average Bonchev–Trinajstić information content (AvgIpc) is 1.89. The molecule has 9 heavy (non-hydrogen) atoms. The molecule has 1 atom stereocenters. The molecule has 0 aromatic heterocycles. The Morgan fingerprint density at radius 1 is 1.78 bits per heavy atom. The Morgan fingerprint density at radius 3 is 3.00 bits per heavy atom. The van der Waals surface area contributed by atoms with E-state index in [2.05, 4.69) is 12.2 Å². The molecule has 1 aliphatic rings. The van der Waals surface area contributed by atoms with Gasteiger partial charge in [0.2, 0.25) is 0 Å². The van der Waals surface area contributed by atoms with E-state index >= 15 is 0 Å². The Kier molecular flexibility index (Phi) is 2.55. The van der Waals surface area contributed by atoms with Crippen molar-refractivity contribution in [2.75, 3.05) is 19.6 Å². The molecular formula is C6H13BN2. The van der Waals surface area contributed by atoms with Crippen molar-refractivity contribution in [2.24, 2.45) is 0 Å². The lowest BCUT2D eigenvalue weighted by atomic mass is 10.1. The fraction of sp³-hybridized carbons (Fsp3) is 1.00. The third kappa shape index (κ3) is 1.70. The largest absolute Gasteiger partial charge is 0.349 e. The minimum Gasteiger partial charge on any atom is -0.349 e. The molecule has 2 radical (unpaired) electrons. The van der Waals surface area contributed by atoms with Crippen LogP contribution in [-0.4, -0.2) is 38.5 Å². The first-order valence-corrected chi connectivity index (χ1v) is 3.56. The third-order valence-corrected chi connectivity index (χ3v) is 1.87. The zero-order valence-electron chi connectivity index (χ0n) is 5.93. The first-order chi connectivity index (χ1) is 4.34. The SMILES string of the molecule is [B]N1CCNC[C@@H]1CC. The highest BCUT2D eigenvalue weighted by atomic mass is 15.1. The van der Waals surface area contributed by atoms with Gasteiger partial charge in [-0.1, -0.05) is 6.92 Å². The van der Waals surface area contributed by atoms with Crippen LogP contribution >= 0.6 is 0 Å². The van der Waals surface area contributed by atoms with Gasteiger partial charge in [0.05, 0.1) is 0 Å². The number of hydrogen-bond acceptors (Lipinski definition) is 2. The molecule has 0 saturated carbocycles. The number of nitrogens with one attached hydrogen (secondary N) is 1. The molecular weight excluding hydrogens is 111 g/mol. The van der Waals surface area contributed by atoms with E-state index in [0.717, 1.165) is 26.1 Å². The van der Waals surface area contributed by atoms with Gasteiger partial charge in [0.1, 0.15) is 0 Å². The molecule has 2 nitrogen and oxygen atoms in total. The summed E-state index contributed by atoms with van der Waals surface area (Å²) in [7, 11) is 5.68. The molecule has 1 fully saturated rings. The molecule has 3 heteroatoms.